The predicted molar refractivity (Wildman–Crippen MR) is 96.7 cm³/mol. The molecular weight excluding hydrogens is 355 g/mol. The average molecular weight is 376 g/mol. The summed E-state index contributed by atoms with van der Waals surface area (Å²) in [6.07, 6.45) is 4.18. The van der Waals surface area contributed by atoms with E-state index in [1.54, 1.807) is 6.07 Å². The maximum atomic E-state index is 12.5. The van der Waals surface area contributed by atoms with E-state index < -0.39 is 6.36 Å². The van der Waals surface area contributed by atoms with Gasteiger partial charge in [-0.15, -0.1) is 13.2 Å². The molecule has 2 aromatic carbocycles. The van der Waals surface area contributed by atoms with Gasteiger partial charge in [-0.25, -0.2) is 0 Å². The van der Waals surface area contributed by atoms with Crippen LogP contribution < -0.4 is 4.74 Å². The predicted octanol–water partition coefficient (Wildman–Crippen LogP) is 6.06. The van der Waals surface area contributed by atoms with Crippen molar-refractivity contribution in [3.63, 3.8) is 0 Å². The second-order valence-corrected chi connectivity index (χ2v) is 6.55. The molecule has 0 saturated heterocycles. The first-order chi connectivity index (χ1) is 13.0. The minimum Gasteiger partial charge on any atom is -0.405 e. The lowest BCUT2D eigenvalue weighted by atomic mass is 9.82. The third kappa shape index (κ3) is 5.74. The monoisotopic (exact) mass is 376 g/mol. The first-order valence-electron chi connectivity index (χ1n) is 9.03. The van der Waals surface area contributed by atoms with E-state index in [1.165, 1.54) is 43.0 Å². The van der Waals surface area contributed by atoms with Gasteiger partial charge in [0.05, 0.1) is 0 Å². The Balaban J connectivity index is 1.64. The van der Waals surface area contributed by atoms with E-state index in [0.29, 0.717) is 5.92 Å². The minimum atomic E-state index is -4.75. The standard InChI is InChI=1S/C21H21F3NO2/c22-21(23,24)27-20-13-7-5-11-18(20)15-26-25-14-17-10-4-6-12-19(17)16-8-2-1-3-9-16/h4-7,10-13,16H,1-3,8-9,15H2. The smallest absolute Gasteiger partial charge is 0.405 e. The van der Waals surface area contributed by atoms with Crippen LogP contribution in [-0.2, 0) is 11.4 Å². The van der Waals surface area contributed by atoms with E-state index in [2.05, 4.69) is 22.2 Å². The average Bonchev–Trinajstić information content (AvgIpc) is 2.66. The summed E-state index contributed by atoms with van der Waals surface area (Å²) < 4.78 is 41.4. The highest BCUT2D eigenvalue weighted by atomic mass is 19.4. The molecule has 0 aliphatic heterocycles. The van der Waals surface area contributed by atoms with Crippen LogP contribution in [0.15, 0.2) is 53.7 Å². The van der Waals surface area contributed by atoms with Crippen molar-refractivity contribution < 1.29 is 22.7 Å². The van der Waals surface area contributed by atoms with Crippen LogP contribution in [0.2, 0.25) is 0 Å². The Bertz CT molecular complexity index is 768. The quantitative estimate of drug-likeness (QED) is 0.453. The molecule has 0 unspecified atom stereocenters. The third-order valence-corrected chi connectivity index (χ3v) is 4.65. The van der Waals surface area contributed by atoms with Gasteiger partial charge >= 0.3 is 6.36 Å². The lowest BCUT2D eigenvalue weighted by molar-refractivity contribution is -0.275. The number of ether oxygens (including phenoxy) is 1. The van der Waals surface area contributed by atoms with Gasteiger partial charge in [0.25, 0.3) is 0 Å². The number of benzene rings is 2. The van der Waals surface area contributed by atoms with E-state index >= 15 is 0 Å². The molecule has 1 fully saturated rings. The number of nitrogens with zero attached hydrogens (tertiary/aromatic N) is 1. The molecule has 2 aromatic rings. The Labute approximate surface area is 156 Å². The van der Waals surface area contributed by atoms with E-state index in [1.807, 2.05) is 18.2 Å². The van der Waals surface area contributed by atoms with Crippen molar-refractivity contribution in [3.05, 3.63) is 65.2 Å². The Kier molecular flexibility index (Phi) is 6.37. The SMILES string of the molecule is FC(F)(F)Oc1ccccc1CO/N=[C]\c1ccccc1C1CCCCC1. The molecule has 0 N–H and O–H groups in total. The van der Waals surface area contributed by atoms with Crippen molar-refractivity contribution in [1.82, 2.24) is 0 Å². The molecule has 1 aliphatic rings. The molecule has 0 spiro atoms. The molecule has 0 amide bonds. The molecule has 3 nitrogen and oxygen atoms in total. The summed E-state index contributed by atoms with van der Waals surface area (Å²) in [6, 6.07) is 13.8. The topological polar surface area (TPSA) is 30.8 Å². The van der Waals surface area contributed by atoms with Crippen LogP contribution in [0.3, 0.4) is 0 Å². The molecule has 3 rings (SSSR count). The first-order valence-corrected chi connectivity index (χ1v) is 9.03. The highest BCUT2D eigenvalue weighted by Crippen LogP contribution is 2.34. The number of alkyl halides is 3. The summed E-state index contributed by atoms with van der Waals surface area (Å²) in [5.74, 6) is 0.210. The summed E-state index contributed by atoms with van der Waals surface area (Å²) in [4.78, 5) is 5.19. The zero-order valence-corrected chi connectivity index (χ0v) is 14.8. The molecule has 0 aromatic heterocycles. The second-order valence-electron chi connectivity index (χ2n) is 6.55. The van der Waals surface area contributed by atoms with Crippen LogP contribution in [0.1, 0.15) is 54.7 Å². The van der Waals surface area contributed by atoms with E-state index in [4.69, 9.17) is 4.84 Å². The van der Waals surface area contributed by atoms with E-state index in [9.17, 15) is 13.2 Å². The zero-order chi connectivity index (χ0) is 19.1. The molecule has 0 bridgehead atoms. The van der Waals surface area contributed by atoms with Gasteiger partial charge in [-0.1, -0.05) is 66.9 Å². The molecule has 143 valence electrons. The number of para-hydroxylation sites is 1. The molecule has 1 saturated carbocycles. The molecule has 0 atom stereocenters. The van der Waals surface area contributed by atoms with Crippen LogP contribution in [0.5, 0.6) is 5.75 Å². The fourth-order valence-corrected chi connectivity index (χ4v) is 3.40. The molecule has 1 aliphatic carbocycles. The molecular formula is C21H21F3NO2. The fourth-order valence-electron chi connectivity index (χ4n) is 3.40. The fraction of sp³-hybridized carbons (Fsp3) is 0.381. The van der Waals surface area contributed by atoms with Gasteiger partial charge in [-0.3, -0.25) is 0 Å². The van der Waals surface area contributed by atoms with Gasteiger partial charge in [0, 0.05) is 11.1 Å². The number of hydrogen-bond acceptors (Lipinski definition) is 3. The lowest BCUT2D eigenvalue weighted by Crippen LogP contribution is -2.18. The van der Waals surface area contributed by atoms with Crippen LogP contribution in [-0.4, -0.2) is 12.6 Å². The minimum absolute atomic E-state index is 0.134. The van der Waals surface area contributed by atoms with Gasteiger partial charge in [0.15, 0.2) is 0 Å². The summed E-state index contributed by atoms with van der Waals surface area (Å²) in [7, 11) is 0. The number of hydrogen-bond donors (Lipinski definition) is 0. The molecule has 6 heteroatoms. The molecule has 0 heterocycles. The summed E-state index contributed by atoms with van der Waals surface area (Å²) in [6.45, 7) is -0.134. The number of rotatable bonds is 6. The second kappa shape index (κ2) is 8.93. The van der Waals surface area contributed by atoms with Gasteiger partial charge in [-0.05, 0) is 30.4 Å². The van der Waals surface area contributed by atoms with Gasteiger partial charge in [0.1, 0.15) is 18.6 Å². The Morgan fingerprint density at radius 2 is 1.67 bits per heavy atom. The summed E-state index contributed by atoms with van der Waals surface area (Å²) >= 11 is 0. The van der Waals surface area contributed by atoms with Crippen molar-refractivity contribution in [3.8, 4) is 5.75 Å². The van der Waals surface area contributed by atoms with Crippen molar-refractivity contribution in [2.75, 3.05) is 0 Å². The zero-order valence-electron chi connectivity index (χ0n) is 14.8. The van der Waals surface area contributed by atoms with Crippen molar-refractivity contribution >= 4 is 6.21 Å². The maximum absolute atomic E-state index is 12.5. The van der Waals surface area contributed by atoms with Gasteiger partial charge < -0.3 is 9.57 Å². The van der Waals surface area contributed by atoms with Crippen LogP contribution >= 0.6 is 0 Å². The highest BCUT2D eigenvalue weighted by Gasteiger charge is 2.32. The van der Waals surface area contributed by atoms with Gasteiger partial charge in [0.2, 0.25) is 0 Å². The Morgan fingerprint density at radius 1 is 0.963 bits per heavy atom. The Hall–Kier alpha value is -2.50. The Morgan fingerprint density at radius 3 is 2.44 bits per heavy atom. The van der Waals surface area contributed by atoms with Crippen LogP contribution in [0, 0.1) is 0 Å². The van der Waals surface area contributed by atoms with Crippen molar-refractivity contribution in [2.45, 2.75) is 51.0 Å². The van der Waals surface area contributed by atoms with Crippen molar-refractivity contribution in [1.29, 1.82) is 0 Å². The van der Waals surface area contributed by atoms with E-state index in [-0.39, 0.29) is 17.9 Å². The summed E-state index contributed by atoms with van der Waals surface area (Å²) in [5, 5.41) is 3.84. The summed E-state index contributed by atoms with van der Waals surface area (Å²) in [5.41, 5.74) is 2.33. The van der Waals surface area contributed by atoms with E-state index in [0.717, 1.165) is 18.4 Å². The highest BCUT2D eigenvalue weighted by molar-refractivity contribution is 5.81. The molecule has 27 heavy (non-hydrogen) atoms. The third-order valence-electron chi connectivity index (χ3n) is 4.65. The lowest BCUT2D eigenvalue weighted by Gasteiger charge is -2.23. The largest absolute Gasteiger partial charge is 0.573 e. The normalized spacial score (nSPS) is 15.8. The maximum Gasteiger partial charge on any atom is 0.573 e. The first kappa shape index (κ1) is 19.3. The van der Waals surface area contributed by atoms with Crippen LogP contribution in [0.4, 0.5) is 13.2 Å². The van der Waals surface area contributed by atoms with Crippen LogP contribution in [0.25, 0.3) is 0 Å². The number of halogens is 3. The van der Waals surface area contributed by atoms with Crippen molar-refractivity contribution in [2.24, 2.45) is 5.16 Å². The molecule has 1 radical (unpaired) electrons. The van der Waals surface area contributed by atoms with Gasteiger partial charge in [-0.2, -0.15) is 0 Å².